The van der Waals surface area contributed by atoms with Gasteiger partial charge in [-0.25, -0.2) is 4.99 Å². The molecular weight excluding hydrogens is 496 g/mol. The van der Waals surface area contributed by atoms with Crippen molar-refractivity contribution in [2.75, 3.05) is 31.4 Å². The Labute approximate surface area is 224 Å². The van der Waals surface area contributed by atoms with E-state index >= 15 is 0 Å². The second-order valence-corrected chi connectivity index (χ2v) is 10.2. The van der Waals surface area contributed by atoms with Gasteiger partial charge in [-0.3, -0.25) is 14.2 Å². The Balaban J connectivity index is 1.64. The molecule has 1 aliphatic heterocycles. The van der Waals surface area contributed by atoms with Crippen LogP contribution in [0.2, 0.25) is 0 Å². The van der Waals surface area contributed by atoms with Crippen LogP contribution in [0.25, 0.3) is 6.08 Å². The summed E-state index contributed by atoms with van der Waals surface area (Å²) in [7, 11) is 5.58. The zero-order chi connectivity index (χ0) is 26.8. The molecule has 0 radical (unpaired) electrons. The Hall–Kier alpha value is -4.43. The van der Waals surface area contributed by atoms with E-state index in [0.29, 0.717) is 32.0 Å². The maximum atomic E-state index is 13.8. The Kier molecular flexibility index (Phi) is 6.98. The van der Waals surface area contributed by atoms with Crippen molar-refractivity contribution in [3.05, 3.63) is 121 Å². The van der Waals surface area contributed by atoms with Gasteiger partial charge in [-0.1, -0.05) is 53.8 Å². The van der Waals surface area contributed by atoms with Gasteiger partial charge in [0.15, 0.2) is 4.80 Å². The molecule has 1 amide bonds. The number of carbonyl (C=O) groups excluding carboxylic acids is 1. The Morgan fingerprint density at radius 1 is 1.03 bits per heavy atom. The van der Waals surface area contributed by atoms with E-state index in [2.05, 4.69) is 5.32 Å². The SMILES string of the molecule is COc1ccc(C2C(C(=O)Nc3ccccc3)=C(C)N=c3s/c(=C\c4ccc(N(C)C)cc4)c(=O)n32)cc1. The fraction of sp³-hybridized carbons (Fsp3) is 0.167. The molecule has 1 N–H and O–H groups in total. The molecule has 1 unspecified atom stereocenters. The number of nitrogens with one attached hydrogen (secondary N) is 1. The molecule has 192 valence electrons. The molecule has 0 bridgehead atoms. The molecule has 0 saturated heterocycles. The fourth-order valence-corrected chi connectivity index (χ4v) is 5.50. The van der Waals surface area contributed by atoms with Crippen molar-refractivity contribution in [3.63, 3.8) is 0 Å². The van der Waals surface area contributed by atoms with E-state index in [1.165, 1.54) is 11.3 Å². The lowest BCUT2D eigenvalue weighted by Crippen LogP contribution is -2.40. The van der Waals surface area contributed by atoms with E-state index in [4.69, 9.17) is 9.73 Å². The average Bonchev–Trinajstić information content (AvgIpc) is 3.22. The molecular formula is C30H28N4O3S. The summed E-state index contributed by atoms with van der Waals surface area (Å²) in [5.74, 6) is 0.394. The highest BCUT2D eigenvalue weighted by molar-refractivity contribution is 7.07. The third-order valence-corrected chi connectivity index (χ3v) is 7.42. The summed E-state index contributed by atoms with van der Waals surface area (Å²) in [6, 6.07) is 24.0. The van der Waals surface area contributed by atoms with Crippen molar-refractivity contribution in [1.82, 2.24) is 4.57 Å². The van der Waals surface area contributed by atoms with Crippen LogP contribution >= 0.6 is 11.3 Å². The number of fused-ring (bicyclic) bond motifs is 1. The molecule has 0 aliphatic carbocycles. The second kappa shape index (κ2) is 10.5. The van der Waals surface area contributed by atoms with Gasteiger partial charge in [0.2, 0.25) is 0 Å². The molecule has 5 rings (SSSR count). The molecule has 2 heterocycles. The van der Waals surface area contributed by atoms with Gasteiger partial charge in [-0.05, 0) is 60.5 Å². The number of amides is 1. The number of anilines is 2. The molecule has 1 aliphatic rings. The van der Waals surface area contributed by atoms with Crippen molar-refractivity contribution in [2.24, 2.45) is 4.99 Å². The number of rotatable bonds is 6. The Morgan fingerprint density at radius 2 is 1.71 bits per heavy atom. The number of ether oxygens (including phenoxy) is 1. The van der Waals surface area contributed by atoms with Crippen LogP contribution in [-0.2, 0) is 4.79 Å². The third kappa shape index (κ3) is 4.90. The van der Waals surface area contributed by atoms with E-state index < -0.39 is 6.04 Å². The molecule has 4 aromatic rings. The van der Waals surface area contributed by atoms with Crippen molar-refractivity contribution in [3.8, 4) is 5.75 Å². The van der Waals surface area contributed by atoms with Gasteiger partial charge in [0.05, 0.1) is 29.0 Å². The first-order valence-corrected chi connectivity index (χ1v) is 13.0. The van der Waals surface area contributed by atoms with Crippen molar-refractivity contribution in [2.45, 2.75) is 13.0 Å². The van der Waals surface area contributed by atoms with E-state index in [0.717, 1.165) is 16.8 Å². The smallest absolute Gasteiger partial charge is 0.271 e. The molecule has 0 saturated carbocycles. The lowest BCUT2D eigenvalue weighted by molar-refractivity contribution is -0.113. The quantitative estimate of drug-likeness (QED) is 0.415. The first-order chi connectivity index (χ1) is 18.4. The van der Waals surface area contributed by atoms with Crippen LogP contribution < -0.4 is 29.8 Å². The van der Waals surface area contributed by atoms with Crippen LogP contribution in [-0.4, -0.2) is 31.7 Å². The van der Waals surface area contributed by atoms with Gasteiger partial charge in [0, 0.05) is 25.5 Å². The maximum absolute atomic E-state index is 13.8. The number of hydrogen-bond acceptors (Lipinski definition) is 6. The van der Waals surface area contributed by atoms with E-state index in [1.807, 2.05) is 111 Å². The summed E-state index contributed by atoms with van der Waals surface area (Å²) in [5, 5.41) is 2.97. The zero-order valence-corrected chi connectivity index (χ0v) is 22.5. The molecule has 7 nitrogen and oxygen atoms in total. The minimum Gasteiger partial charge on any atom is -0.497 e. The largest absolute Gasteiger partial charge is 0.497 e. The molecule has 1 atom stereocenters. The summed E-state index contributed by atoms with van der Waals surface area (Å²) >= 11 is 1.32. The Morgan fingerprint density at radius 3 is 2.34 bits per heavy atom. The molecule has 0 fully saturated rings. The number of aromatic nitrogens is 1. The summed E-state index contributed by atoms with van der Waals surface area (Å²) in [6.07, 6.45) is 1.87. The monoisotopic (exact) mass is 524 g/mol. The number of hydrogen-bond donors (Lipinski definition) is 1. The standard InChI is InChI=1S/C30H28N4O3S/c1-19-26(28(35)32-22-8-6-5-7-9-22)27(21-12-16-24(37-4)17-13-21)34-29(36)25(38-30(34)31-19)18-20-10-14-23(15-11-20)33(2)3/h5-18,27H,1-4H3,(H,32,35)/b25-18-. The number of methoxy groups -OCH3 is 1. The molecule has 38 heavy (non-hydrogen) atoms. The minimum atomic E-state index is -0.640. The predicted octanol–water partition coefficient (Wildman–Crippen LogP) is 3.95. The molecule has 0 spiro atoms. The molecule has 1 aromatic heterocycles. The van der Waals surface area contributed by atoms with E-state index in [-0.39, 0.29) is 11.5 Å². The predicted molar refractivity (Wildman–Crippen MR) is 153 cm³/mol. The summed E-state index contributed by atoms with van der Waals surface area (Å²) in [5.41, 5.74) is 4.26. The van der Waals surface area contributed by atoms with Crippen LogP contribution in [0, 0.1) is 0 Å². The minimum absolute atomic E-state index is 0.191. The lowest BCUT2D eigenvalue weighted by Gasteiger charge is -2.25. The average molecular weight is 525 g/mol. The van der Waals surface area contributed by atoms with Gasteiger partial charge in [-0.15, -0.1) is 0 Å². The number of allylic oxidation sites excluding steroid dienone is 1. The van der Waals surface area contributed by atoms with Crippen LogP contribution in [0.1, 0.15) is 24.1 Å². The summed E-state index contributed by atoms with van der Waals surface area (Å²) in [6.45, 7) is 1.81. The lowest BCUT2D eigenvalue weighted by atomic mass is 9.95. The number of nitrogens with zero attached hydrogens (tertiary/aromatic N) is 3. The van der Waals surface area contributed by atoms with Crippen molar-refractivity contribution < 1.29 is 9.53 Å². The highest BCUT2D eigenvalue weighted by Gasteiger charge is 2.32. The molecule has 3 aromatic carbocycles. The third-order valence-electron chi connectivity index (χ3n) is 6.44. The second-order valence-electron chi connectivity index (χ2n) is 9.16. The first-order valence-electron chi connectivity index (χ1n) is 12.2. The highest BCUT2D eigenvalue weighted by atomic mass is 32.1. The maximum Gasteiger partial charge on any atom is 0.271 e. The highest BCUT2D eigenvalue weighted by Crippen LogP contribution is 2.31. The van der Waals surface area contributed by atoms with Crippen LogP contribution in [0.15, 0.2) is 99.9 Å². The van der Waals surface area contributed by atoms with Crippen molar-refractivity contribution >= 4 is 34.7 Å². The van der Waals surface area contributed by atoms with Gasteiger partial charge in [0.1, 0.15) is 5.75 Å². The van der Waals surface area contributed by atoms with Crippen LogP contribution in [0.4, 0.5) is 11.4 Å². The van der Waals surface area contributed by atoms with E-state index in [9.17, 15) is 9.59 Å². The summed E-state index contributed by atoms with van der Waals surface area (Å²) in [4.78, 5) is 34.7. The van der Waals surface area contributed by atoms with Gasteiger partial charge < -0.3 is 15.0 Å². The zero-order valence-electron chi connectivity index (χ0n) is 21.6. The van der Waals surface area contributed by atoms with Crippen LogP contribution in [0.5, 0.6) is 5.75 Å². The van der Waals surface area contributed by atoms with Gasteiger partial charge >= 0.3 is 0 Å². The van der Waals surface area contributed by atoms with Crippen molar-refractivity contribution in [1.29, 1.82) is 0 Å². The Bertz CT molecular complexity index is 1680. The van der Waals surface area contributed by atoms with Gasteiger partial charge in [0.25, 0.3) is 11.5 Å². The first kappa shape index (κ1) is 25.2. The molecule has 8 heteroatoms. The topological polar surface area (TPSA) is 75.9 Å². The summed E-state index contributed by atoms with van der Waals surface area (Å²) < 4.78 is 7.51. The number of thiazole rings is 1. The normalized spacial score (nSPS) is 15.1. The van der Waals surface area contributed by atoms with Gasteiger partial charge in [-0.2, -0.15) is 0 Å². The fourth-order valence-electron chi connectivity index (χ4n) is 4.45. The number of benzene rings is 3. The number of carbonyl (C=O) groups is 1. The van der Waals surface area contributed by atoms with E-state index in [1.54, 1.807) is 11.7 Å². The number of para-hydroxylation sites is 1. The van der Waals surface area contributed by atoms with Crippen LogP contribution in [0.3, 0.4) is 0 Å².